The number of ether oxygens (including phenoxy) is 2. The molecule has 1 fully saturated rings. The highest BCUT2D eigenvalue weighted by atomic mass is 16.5. The molecule has 104 valence electrons. The fraction of sp³-hybridized carbons (Fsp3) is 0.500. The Hall–Kier alpha value is -1.59. The summed E-state index contributed by atoms with van der Waals surface area (Å²) < 4.78 is 10.8. The van der Waals surface area contributed by atoms with E-state index in [1.807, 2.05) is 26.0 Å². The molecule has 1 heterocycles. The molecule has 1 aliphatic heterocycles. The van der Waals surface area contributed by atoms with Gasteiger partial charge in [0.2, 0.25) is 0 Å². The number of carbonyl (C=O) groups is 1. The molecule has 2 N–H and O–H groups in total. The molecule has 2 rings (SSSR count). The molecule has 0 aliphatic carbocycles. The molecular weight excluding hydrogens is 244 g/mol. The van der Waals surface area contributed by atoms with Crippen molar-refractivity contribution in [2.45, 2.75) is 20.0 Å². The number of rotatable bonds is 3. The predicted molar refractivity (Wildman–Crippen MR) is 73.6 cm³/mol. The maximum Gasteiger partial charge on any atom is 0.253 e. The fourth-order valence-electron chi connectivity index (χ4n) is 2.41. The topological polar surface area (TPSA) is 64.8 Å². The summed E-state index contributed by atoms with van der Waals surface area (Å²) in [6, 6.07) is 3.97. The summed E-state index contributed by atoms with van der Waals surface area (Å²) >= 11 is 0. The lowest BCUT2D eigenvalue weighted by molar-refractivity contribution is -0.129. The van der Waals surface area contributed by atoms with Crippen molar-refractivity contribution in [3.8, 4) is 5.75 Å². The van der Waals surface area contributed by atoms with Gasteiger partial charge in [0.25, 0.3) is 5.91 Å². The van der Waals surface area contributed by atoms with Crippen LogP contribution in [-0.4, -0.2) is 38.8 Å². The van der Waals surface area contributed by atoms with Crippen LogP contribution in [-0.2, 0) is 9.53 Å². The molecular formula is C14H20N2O3. The Balaban J connectivity index is 2.41. The summed E-state index contributed by atoms with van der Waals surface area (Å²) in [6.07, 6.45) is -0.122. The van der Waals surface area contributed by atoms with Crippen molar-refractivity contribution in [1.29, 1.82) is 0 Å². The van der Waals surface area contributed by atoms with Crippen molar-refractivity contribution in [1.82, 2.24) is 0 Å². The van der Waals surface area contributed by atoms with Gasteiger partial charge in [-0.05, 0) is 31.0 Å². The highest BCUT2D eigenvalue weighted by molar-refractivity contribution is 5.97. The molecule has 0 radical (unpaired) electrons. The van der Waals surface area contributed by atoms with Gasteiger partial charge in [-0.3, -0.25) is 4.79 Å². The van der Waals surface area contributed by atoms with Crippen molar-refractivity contribution in [2.75, 3.05) is 31.7 Å². The Bertz CT molecular complexity index is 488. The van der Waals surface area contributed by atoms with Crippen molar-refractivity contribution < 1.29 is 14.3 Å². The summed E-state index contributed by atoms with van der Waals surface area (Å²) in [6.45, 7) is 4.92. The zero-order valence-corrected chi connectivity index (χ0v) is 11.6. The minimum Gasteiger partial charge on any atom is -0.495 e. The Kier molecular flexibility index (Phi) is 4.07. The number of nitrogens with zero attached hydrogens (tertiary/aromatic N) is 1. The van der Waals surface area contributed by atoms with Gasteiger partial charge >= 0.3 is 0 Å². The molecule has 1 saturated heterocycles. The highest BCUT2D eigenvalue weighted by Gasteiger charge is 2.29. The predicted octanol–water partition coefficient (Wildman–Crippen LogP) is 1.00. The van der Waals surface area contributed by atoms with Gasteiger partial charge in [-0.2, -0.15) is 0 Å². The van der Waals surface area contributed by atoms with Crippen LogP contribution in [0.5, 0.6) is 5.75 Å². The molecule has 1 amide bonds. The fourth-order valence-corrected chi connectivity index (χ4v) is 2.41. The molecule has 5 heteroatoms. The summed E-state index contributed by atoms with van der Waals surface area (Å²) in [4.78, 5) is 13.8. The number of benzene rings is 1. The molecule has 0 spiro atoms. The van der Waals surface area contributed by atoms with Crippen molar-refractivity contribution in [3.05, 3.63) is 23.3 Å². The molecule has 0 aromatic heterocycles. The number of methoxy groups -OCH3 is 1. The van der Waals surface area contributed by atoms with Crippen LogP contribution >= 0.6 is 0 Å². The van der Waals surface area contributed by atoms with E-state index in [2.05, 4.69) is 0 Å². The van der Waals surface area contributed by atoms with E-state index in [-0.39, 0.29) is 18.6 Å². The number of hydrogen-bond acceptors (Lipinski definition) is 4. The third kappa shape index (κ3) is 2.72. The minimum atomic E-state index is -0.122. The number of hydrogen-bond donors (Lipinski definition) is 1. The molecule has 1 aromatic carbocycles. The smallest absolute Gasteiger partial charge is 0.253 e. The van der Waals surface area contributed by atoms with Crippen LogP contribution in [0, 0.1) is 13.8 Å². The zero-order chi connectivity index (χ0) is 14.0. The van der Waals surface area contributed by atoms with E-state index >= 15 is 0 Å². The quantitative estimate of drug-likeness (QED) is 0.884. The maximum absolute atomic E-state index is 12.1. The first-order valence-electron chi connectivity index (χ1n) is 6.34. The van der Waals surface area contributed by atoms with E-state index in [9.17, 15) is 4.79 Å². The minimum absolute atomic E-state index is 0.0602. The first kappa shape index (κ1) is 13.8. The normalized spacial score (nSPS) is 19.7. The maximum atomic E-state index is 12.1. The number of amides is 1. The Morgan fingerprint density at radius 2 is 2.21 bits per heavy atom. The number of morpholine rings is 1. The Morgan fingerprint density at radius 3 is 2.84 bits per heavy atom. The van der Waals surface area contributed by atoms with E-state index in [4.69, 9.17) is 15.2 Å². The van der Waals surface area contributed by atoms with Gasteiger partial charge in [-0.25, -0.2) is 0 Å². The van der Waals surface area contributed by atoms with E-state index in [0.717, 1.165) is 16.8 Å². The molecule has 19 heavy (non-hydrogen) atoms. The number of nitrogens with two attached hydrogens (primary N) is 1. The van der Waals surface area contributed by atoms with E-state index < -0.39 is 0 Å². The summed E-state index contributed by atoms with van der Waals surface area (Å²) in [7, 11) is 1.61. The first-order chi connectivity index (χ1) is 9.06. The first-order valence-corrected chi connectivity index (χ1v) is 6.34. The van der Waals surface area contributed by atoms with Crippen molar-refractivity contribution in [3.63, 3.8) is 0 Å². The average Bonchev–Trinajstić information content (AvgIpc) is 2.39. The molecule has 1 aliphatic rings. The van der Waals surface area contributed by atoms with Crippen LogP contribution < -0.4 is 15.4 Å². The van der Waals surface area contributed by atoms with Crippen LogP contribution in [0.1, 0.15) is 11.1 Å². The van der Waals surface area contributed by atoms with Crippen molar-refractivity contribution in [2.24, 2.45) is 5.73 Å². The molecule has 1 unspecified atom stereocenters. The highest BCUT2D eigenvalue weighted by Crippen LogP contribution is 2.34. The van der Waals surface area contributed by atoms with Gasteiger partial charge in [0.05, 0.1) is 25.4 Å². The van der Waals surface area contributed by atoms with Crippen LogP contribution in [0.3, 0.4) is 0 Å². The Morgan fingerprint density at radius 1 is 1.47 bits per heavy atom. The van der Waals surface area contributed by atoms with Crippen molar-refractivity contribution >= 4 is 11.6 Å². The van der Waals surface area contributed by atoms with Gasteiger partial charge in [0, 0.05) is 6.54 Å². The SMILES string of the molecule is COc1cc(C)cc(C)c1N1CC(CN)OCC1=O. The van der Waals surface area contributed by atoms with Crippen LogP contribution in [0.4, 0.5) is 5.69 Å². The number of anilines is 1. The van der Waals surface area contributed by atoms with E-state index in [1.54, 1.807) is 12.0 Å². The van der Waals surface area contributed by atoms with Crippen LogP contribution in [0.15, 0.2) is 12.1 Å². The molecule has 1 aromatic rings. The van der Waals surface area contributed by atoms with Gasteiger partial charge in [0.15, 0.2) is 0 Å². The summed E-state index contributed by atoms with van der Waals surface area (Å²) in [5.41, 5.74) is 8.57. The van der Waals surface area contributed by atoms with Crippen LogP contribution in [0.2, 0.25) is 0 Å². The van der Waals surface area contributed by atoms with E-state index in [1.165, 1.54) is 0 Å². The second-order valence-corrected chi connectivity index (χ2v) is 4.81. The average molecular weight is 264 g/mol. The molecule has 1 atom stereocenters. The lowest BCUT2D eigenvalue weighted by Crippen LogP contribution is -2.49. The second-order valence-electron chi connectivity index (χ2n) is 4.81. The number of aryl methyl sites for hydroxylation is 2. The van der Waals surface area contributed by atoms with Gasteiger partial charge < -0.3 is 20.1 Å². The lowest BCUT2D eigenvalue weighted by Gasteiger charge is -2.34. The van der Waals surface area contributed by atoms with Gasteiger partial charge in [-0.15, -0.1) is 0 Å². The van der Waals surface area contributed by atoms with Gasteiger partial charge in [-0.1, -0.05) is 6.07 Å². The number of carbonyl (C=O) groups excluding carboxylic acids is 1. The molecule has 5 nitrogen and oxygen atoms in total. The molecule has 0 bridgehead atoms. The lowest BCUT2D eigenvalue weighted by atomic mass is 10.1. The summed E-state index contributed by atoms with van der Waals surface area (Å²) in [5.74, 6) is 0.651. The standard InChI is InChI=1S/C14H20N2O3/c1-9-4-10(2)14(12(5-9)18-3)16-7-11(6-15)19-8-13(16)17/h4-5,11H,6-8,15H2,1-3H3. The Labute approximate surface area is 113 Å². The van der Waals surface area contributed by atoms with Gasteiger partial charge in [0.1, 0.15) is 12.4 Å². The summed E-state index contributed by atoms with van der Waals surface area (Å²) in [5, 5.41) is 0. The third-order valence-electron chi connectivity index (χ3n) is 3.29. The van der Waals surface area contributed by atoms with Crippen LogP contribution in [0.25, 0.3) is 0 Å². The monoisotopic (exact) mass is 264 g/mol. The van der Waals surface area contributed by atoms with E-state index in [0.29, 0.717) is 18.8 Å². The zero-order valence-electron chi connectivity index (χ0n) is 11.6. The third-order valence-corrected chi connectivity index (χ3v) is 3.29. The second kappa shape index (κ2) is 5.59. The molecule has 0 saturated carbocycles. The largest absolute Gasteiger partial charge is 0.495 e.